The van der Waals surface area contributed by atoms with Crippen LogP contribution >= 0.6 is 0 Å². The lowest BCUT2D eigenvalue weighted by Gasteiger charge is -2.23. The molecule has 0 saturated heterocycles. The summed E-state index contributed by atoms with van der Waals surface area (Å²) in [7, 11) is 0. The third kappa shape index (κ3) is 10.8. The van der Waals surface area contributed by atoms with E-state index in [0.29, 0.717) is 23.6 Å². The van der Waals surface area contributed by atoms with Gasteiger partial charge in [-0.05, 0) is 38.5 Å². The van der Waals surface area contributed by atoms with Gasteiger partial charge in [-0.15, -0.1) is 13.2 Å². The fourth-order valence-electron chi connectivity index (χ4n) is 4.02. The van der Waals surface area contributed by atoms with Crippen LogP contribution in [0.5, 0.6) is 0 Å². The summed E-state index contributed by atoms with van der Waals surface area (Å²) in [6.45, 7) is 12.3. The highest BCUT2D eigenvalue weighted by Crippen LogP contribution is 2.19. The fraction of sp³-hybridized carbons (Fsp3) is 0.571. The maximum absolute atomic E-state index is 12.7. The van der Waals surface area contributed by atoms with E-state index in [1.54, 1.807) is 0 Å². The second kappa shape index (κ2) is 16.3. The number of hydrogen-bond donors (Lipinski definition) is 2. The van der Waals surface area contributed by atoms with E-state index in [9.17, 15) is 9.59 Å². The highest BCUT2D eigenvalue weighted by atomic mass is 16.2. The van der Waals surface area contributed by atoms with E-state index in [-0.39, 0.29) is 23.8 Å². The van der Waals surface area contributed by atoms with Crippen LogP contribution in [0.15, 0.2) is 60.8 Å². The Balaban J connectivity index is 0.00000249. The molecule has 4 heteroatoms. The van der Waals surface area contributed by atoms with E-state index in [2.05, 4.69) is 37.6 Å². The first-order chi connectivity index (χ1) is 15.5. The lowest BCUT2D eigenvalue weighted by molar-refractivity contribution is -0.118. The second-order valence-corrected chi connectivity index (χ2v) is 8.82. The van der Waals surface area contributed by atoms with Crippen molar-refractivity contribution in [1.82, 2.24) is 10.6 Å². The van der Waals surface area contributed by atoms with Crippen molar-refractivity contribution in [1.29, 1.82) is 0 Å². The van der Waals surface area contributed by atoms with Crippen LogP contribution < -0.4 is 10.6 Å². The molecule has 2 unspecified atom stereocenters. The van der Waals surface area contributed by atoms with E-state index >= 15 is 0 Å². The average Bonchev–Trinajstić information content (AvgIpc) is 2.79. The molecule has 2 amide bonds. The molecule has 0 aliphatic heterocycles. The number of hydrogen-bond acceptors (Lipinski definition) is 2. The fourth-order valence-corrected chi connectivity index (χ4v) is 4.02. The zero-order valence-electron chi connectivity index (χ0n) is 20.5. The standard InChI is InChI=1S/C26H40N2O2.C2H4/c1-4-5-7-12-21(3)27-26(30)23-14-11-10-13-22(18-17-20(2)19-23)25(29)28-24-15-8-6-9-16-24;1-2/h11,13-14,17-21,24H,4-10,12,15-16H2,1-3H3,(H,27,30)(H,28,29);1-2H2/b14-11-,18-17-,22-13+,23-19+;. The number of unbranched alkanes of at least 4 members (excludes halogenated alkanes) is 2. The number of nitrogens with one attached hydrogen (secondary N) is 2. The van der Waals surface area contributed by atoms with Crippen LogP contribution in [0.2, 0.25) is 0 Å². The van der Waals surface area contributed by atoms with Gasteiger partial charge in [0.25, 0.3) is 11.8 Å². The summed E-state index contributed by atoms with van der Waals surface area (Å²) in [4.78, 5) is 25.4. The maximum atomic E-state index is 12.7. The molecule has 2 aliphatic rings. The van der Waals surface area contributed by atoms with E-state index in [1.165, 1.54) is 32.1 Å². The zero-order chi connectivity index (χ0) is 23.8. The molecule has 2 rings (SSSR count). The molecular weight excluding hydrogens is 396 g/mol. The van der Waals surface area contributed by atoms with Gasteiger partial charge in [0.2, 0.25) is 0 Å². The molecule has 0 bridgehead atoms. The van der Waals surface area contributed by atoms with Gasteiger partial charge in [-0.2, -0.15) is 0 Å². The molecule has 2 aliphatic carbocycles. The first-order valence-corrected chi connectivity index (χ1v) is 12.4. The van der Waals surface area contributed by atoms with Gasteiger partial charge in [0.15, 0.2) is 0 Å². The summed E-state index contributed by atoms with van der Waals surface area (Å²) in [5.74, 6) is 0.0623. The van der Waals surface area contributed by atoms with Crippen LogP contribution in [-0.4, -0.2) is 23.9 Å². The van der Waals surface area contributed by atoms with Crippen LogP contribution in [0.3, 0.4) is 0 Å². The molecule has 178 valence electrons. The Kier molecular flexibility index (Phi) is 14.1. The van der Waals surface area contributed by atoms with E-state index in [4.69, 9.17) is 0 Å². The molecule has 0 radical (unpaired) electrons. The predicted molar refractivity (Wildman–Crippen MR) is 136 cm³/mol. The van der Waals surface area contributed by atoms with E-state index < -0.39 is 0 Å². The van der Waals surface area contributed by atoms with Gasteiger partial charge in [0, 0.05) is 23.2 Å². The lowest BCUT2D eigenvalue weighted by Crippen LogP contribution is -2.36. The molecule has 0 aromatic rings. The summed E-state index contributed by atoms with van der Waals surface area (Å²) < 4.78 is 0. The van der Waals surface area contributed by atoms with Crippen LogP contribution in [0.25, 0.3) is 0 Å². The van der Waals surface area contributed by atoms with Crippen molar-refractivity contribution >= 4 is 11.8 Å². The third-order valence-electron chi connectivity index (χ3n) is 5.88. The minimum atomic E-state index is -0.0182. The Morgan fingerprint density at radius 1 is 1.06 bits per heavy atom. The second-order valence-electron chi connectivity index (χ2n) is 8.82. The zero-order valence-corrected chi connectivity index (χ0v) is 20.5. The molecule has 0 aromatic carbocycles. The Morgan fingerprint density at radius 2 is 1.78 bits per heavy atom. The topological polar surface area (TPSA) is 58.2 Å². The van der Waals surface area contributed by atoms with Crippen LogP contribution in [-0.2, 0) is 9.59 Å². The molecule has 1 saturated carbocycles. The number of carbonyl (C=O) groups excluding carboxylic acids is 2. The van der Waals surface area contributed by atoms with Gasteiger partial charge < -0.3 is 10.6 Å². The molecule has 2 N–H and O–H groups in total. The minimum Gasteiger partial charge on any atom is -0.350 e. The quantitative estimate of drug-likeness (QED) is 0.342. The van der Waals surface area contributed by atoms with Gasteiger partial charge in [-0.3, -0.25) is 9.59 Å². The van der Waals surface area contributed by atoms with Crippen LogP contribution in [0.1, 0.15) is 85.0 Å². The molecule has 0 spiro atoms. The van der Waals surface area contributed by atoms with Gasteiger partial charge in [0.1, 0.15) is 0 Å². The Bertz CT molecular complexity index is 696. The number of carbonyl (C=O) groups is 2. The summed E-state index contributed by atoms with van der Waals surface area (Å²) in [5.41, 5.74) is 1.40. The van der Waals surface area contributed by atoms with Gasteiger partial charge in [-0.1, -0.05) is 88.8 Å². The lowest BCUT2D eigenvalue weighted by atomic mass is 9.95. The van der Waals surface area contributed by atoms with Crippen LogP contribution in [0, 0.1) is 5.92 Å². The Hall–Kier alpha value is -2.36. The van der Waals surface area contributed by atoms with Crippen molar-refractivity contribution in [2.45, 2.75) is 97.1 Å². The van der Waals surface area contributed by atoms with Gasteiger partial charge in [0.05, 0.1) is 0 Å². The molecule has 4 nitrogen and oxygen atoms in total. The Morgan fingerprint density at radius 3 is 2.47 bits per heavy atom. The summed E-state index contributed by atoms with van der Waals surface area (Å²) in [6, 6.07) is 0.480. The highest BCUT2D eigenvalue weighted by Gasteiger charge is 2.17. The monoisotopic (exact) mass is 440 g/mol. The van der Waals surface area contributed by atoms with Crippen LogP contribution in [0.4, 0.5) is 0 Å². The number of allylic oxidation sites excluding steroid dienone is 4. The summed E-state index contributed by atoms with van der Waals surface area (Å²) in [6.07, 6.45) is 22.7. The van der Waals surface area contributed by atoms with Gasteiger partial charge >= 0.3 is 0 Å². The highest BCUT2D eigenvalue weighted by molar-refractivity contribution is 5.97. The SMILES string of the molecule is C=C.CCCCCC(C)NC(=O)C1=C/C(C)/C=C\C(C(=O)NC2CCCCC2)=C/C/C=C\1. The Labute approximate surface area is 196 Å². The van der Waals surface area contributed by atoms with Crippen molar-refractivity contribution in [2.75, 3.05) is 0 Å². The summed E-state index contributed by atoms with van der Waals surface area (Å²) in [5, 5.41) is 6.32. The normalized spacial score (nSPS) is 25.4. The van der Waals surface area contributed by atoms with Gasteiger partial charge in [-0.25, -0.2) is 0 Å². The number of rotatable bonds is 8. The maximum Gasteiger partial charge on any atom is 0.251 e. The minimum absolute atomic E-state index is 0.0159. The summed E-state index contributed by atoms with van der Waals surface area (Å²) >= 11 is 0. The third-order valence-corrected chi connectivity index (χ3v) is 5.88. The van der Waals surface area contributed by atoms with E-state index in [0.717, 1.165) is 25.7 Å². The smallest absolute Gasteiger partial charge is 0.251 e. The first-order valence-electron chi connectivity index (χ1n) is 12.4. The molecule has 32 heavy (non-hydrogen) atoms. The van der Waals surface area contributed by atoms with Crippen molar-refractivity contribution in [3.8, 4) is 0 Å². The molecule has 0 heterocycles. The molecule has 1 fully saturated rings. The molecule has 2 atom stereocenters. The largest absolute Gasteiger partial charge is 0.350 e. The predicted octanol–water partition coefficient (Wildman–Crippen LogP) is 6.33. The van der Waals surface area contributed by atoms with Crippen molar-refractivity contribution in [3.05, 3.63) is 60.8 Å². The average molecular weight is 441 g/mol. The number of amides is 2. The molecule has 0 aromatic heterocycles. The van der Waals surface area contributed by atoms with Crippen molar-refractivity contribution < 1.29 is 9.59 Å². The molecular formula is C28H44N2O2. The van der Waals surface area contributed by atoms with E-state index in [1.807, 2.05) is 43.4 Å². The van der Waals surface area contributed by atoms with Crippen molar-refractivity contribution in [2.24, 2.45) is 5.92 Å². The first kappa shape index (κ1) is 27.7. The van der Waals surface area contributed by atoms with Crippen molar-refractivity contribution in [3.63, 3.8) is 0 Å².